The van der Waals surface area contributed by atoms with Crippen LogP contribution < -0.4 is 0 Å². The molecule has 0 amide bonds. The van der Waals surface area contributed by atoms with E-state index in [-0.39, 0.29) is 12.1 Å². The highest BCUT2D eigenvalue weighted by Crippen LogP contribution is 2.21. The number of nitriles is 1. The van der Waals surface area contributed by atoms with Gasteiger partial charge in [-0.25, -0.2) is 18.4 Å². The number of aromatic nitrogens is 3. The fourth-order valence-electron chi connectivity index (χ4n) is 2.43. The lowest BCUT2D eigenvalue weighted by atomic mass is 10.1. The van der Waals surface area contributed by atoms with Crippen LogP contribution >= 0.6 is 0 Å². The van der Waals surface area contributed by atoms with Gasteiger partial charge in [0.15, 0.2) is 17.5 Å². The second-order valence-electron chi connectivity index (χ2n) is 5.55. The van der Waals surface area contributed by atoms with Gasteiger partial charge in [-0.05, 0) is 36.8 Å². The van der Waals surface area contributed by atoms with Crippen LogP contribution in [0.5, 0.6) is 0 Å². The predicted octanol–water partition coefficient (Wildman–Crippen LogP) is 3.14. The first-order valence-electron chi connectivity index (χ1n) is 7.53. The highest BCUT2D eigenvalue weighted by Gasteiger charge is 2.15. The Bertz CT molecular complexity index is 962. The van der Waals surface area contributed by atoms with Crippen LogP contribution in [-0.2, 0) is 6.54 Å². The van der Waals surface area contributed by atoms with Crippen molar-refractivity contribution in [3.05, 3.63) is 71.1 Å². The Hall–Kier alpha value is -3.11. The molecule has 2 aromatic carbocycles. The molecule has 1 unspecified atom stereocenters. The normalized spacial score (nSPS) is 12.0. The molecule has 126 valence electrons. The Morgan fingerprint density at radius 1 is 1.20 bits per heavy atom. The lowest BCUT2D eigenvalue weighted by molar-refractivity contribution is 0.150. The van der Waals surface area contributed by atoms with E-state index in [4.69, 9.17) is 5.26 Å². The fraction of sp³-hybridized carbons (Fsp3) is 0.167. The third kappa shape index (κ3) is 3.54. The van der Waals surface area contributed by atoms with E-state index in [0.717, 1.165) is 12.1 Å². The van der Waals surface area contributed by atoms with Crippen LogP contribution in [0, 0.1) is 29.9 Å². The molecular weight excluding hydrogens is 326 g/mol. The maximum absolute atomic E-state index is 13.3. The van der Waals surface area contributed by atoms with Gasteiger partial charge in [0.2, 0.25) is 0 Å². The summed E-state index contributed by atoms with van der Waals surface area (Å²) in [4.78, 5) is 4.33. The first kappa shape index (κ1) is 16.7. The summed E-state index contributed by atoms with van der Waals surface area (Å²) in [5.41, 5.74) is 1.43. The minimum Gasteiger partial charge on any atom is -0.386 e. The van der Waals surface area contributed by atoms with Crippen molar-refractivity contribution < 1.29 is 13.9 Å². The zero-order chi connectivity index (χ0) is 18.0. The van der Waals surface area contributed by atoms with E-state index in [9.17, 15) is 13.9 Å². The van der Waals surface area contributed by atoms with E-state index in [1.807, 2.05) is 0 Å². The number of nitrogens with zero attached hydrogens (tertiary/aromatic N) is 4. The molecule has 0 saturated carbocycles. The van der Waals surface area contributed by atoms with Crippen LogP contribution in [0.15, 0.2) is 42.5 Å². The summed E-state index contributed by atoms with van der Waals surface area (Å²) in [5.74, 6) is -1.00. The van der Waals surface area contributed by atoms with Crippen LogP contribution in [0.4, 0.5) is 8.78 Å². The molecule has 5 nitrogen and oxygen atoms in total. The van der Waals surface area contributed by atoms with Crippen LogP contribution in [0.3, 0.4) is 0 Å². The van der Waals surface area contributed by atoms with Crippen LogP contribution in [0.25, 0.3) is 11.4 Å². The van der Waals surface area contributed by atoms with Gasteiger partial charge in [-0.1, -0.05) is 18.2 Å². The van der Waals surface area contributed by atoms with Crippen molar-refractivity contribution >= 4 is 0 Å². The number of halogens is 2. The number of aliphatic hydroxyl groups excluding tert-OH is 1. The lowest BCUT2D eigenvalue weighted by Gasteiger charge is -2.12. The van der Waals surface area contributed by atoms with Crippen molar-refractivity contribution in [2.45, 2.75) is 19.6 Å². The number of benzene rings is 2. The van der Waals surface area contributed by atoms with E-state index >= 15 is 0 Å². The van der Waals surface area contributed by atoms with E-state index in [1.165, 1.54) is 10.7 Å². The van der Waals surface area contributed by atoms with Gasteiger partial charge in [0.1, 0.15) is 5.82 Å². The largest absolute Gasteiger partial charge is 0.386 e. The molecular formula is C18H14F2N4O. The molecule has 1 atom stereocenters. The summed E-state index contributed by atoms with van der Waals surface area (Å²) in [6.07, 6.45) is -1.06. The second kappa shape index (κ2) is 6.79. The average molecular weight is 340 g/mol. The molecule has 0 saturated heterocycles. The summed E-state index contributed by atoms with van der Waals surface area (Å²) >= 11 is 0. The predicted molar refractivity (Wildman–Crippen MR) is 86.2 cm³/mol. The first-order valence-corrected chi connectivity index (χ1v) is 7.53. The monoisotopic (exact) mass is 340 g/mol. The summed E-state index contributed by atoms with van der Waals surface area (Å²) in [5, 5.41) is 23.6. The summed E-state index contributed by atoms with van der Waals surface area (Å²) in [6, 6.07) is 12.2. The molecule has 0 aliphatic rings. The number of hydrogen-bond donors (Lipinski definition) is 1. The van der Waals surface area contributed by atoms with Gasteiger partial charge in [-0.3, -0.25) is 0 Å². The standard InChI is InChI=1S/C18H14F2N4O/c1-11-22-18(14-4-2-3-12(7-14)9-21)23-24(11)10-17(25)13-5-6-15(19)16(20)8-13/h2-8,17,25H,10H2,1H3. The highest BCUT2D eigenvalue weighted by molar-refractivity contribution is 5.57. The molecule has 0 bridgehead atoms. The molecule has 0 spiro atoms. The topological polar surface area (TPSA) is 74.7 Å². The third-order valence-corrected chi connectivity index (χ3v) is 3.78. The summed E-state index contributed by atoms with van der Waals surface area (Å²) in [7, 11) is 0. The minimum atomic E-state index is -1.06. The maximum Gasteiger partial charge on any atom is 0.181 e. The molecule has 3 rings (SSSR count). The minimum absolute atomic E-state index is 0.0435. The molecule has 7 heteroatoms. The summed E-state index contributed by atoms with van der Waals surface area (Å²) < 4.78 is 27.8. The Balaban J connectivity index is 1.85. The van der Waals surface area contributed by atoms with E-state index in [0.29, 0.717) is 22.8 Å². The van der Waals surface area contributed by atoms with Crippen molar-refractivity contribution in [1.82, 2.24) is 14.8 Å². The lowest BCUT2D eigenvalue weighted by Crippen LogP contribution is -2.12. The highest BCUT2D eigenvalue weighted by atomic mass is 19.2. The number of hydrogen-bond acceptors (Lipinski definition) is 4. The number of aliphatic hydroxyl groups is 1. The van der Waals surface area contributed by atoms with Crippen molar-refractivity contribution in [2.75, 3.05) is 0 Å². The van der Waals surface area contributed by atoms with Gasteiger partial charge in [-0.2, -0.15) is 10.4 Å². The zero-order valence-electron chi connectivity index (χ0n) is 13.3. The Kier molecular flexibility index (Phi) is 4.55. The fourth-order valence-corrected chi connectivity index (χ4v) is 2.43. The summed E-state index contributed by atoms with van der Waals surface area (Å²) in [6.45, 7) is 1.77. The maximum atomic E-state index is 13.3. The molecule has 0 aliphatic carbocycles. The van der Waals surface area contributed by atoms with Crippen molar-refractivity contribution in [3.63, 3.8) is 0 Å². The van der Waals surface area contributed by atoms with Gasteiger partial charge >= 0.3 is 0 Å². The smallest absolute Gasteiger partial charge is 0.181 e. The van der Waals surface area contributed by atoms with Gasteiger partial charge < -0.3 is 5.11 Å². The third-order valence-electron chi connectivity index (χ3n) is 3.78. The Labute approximate surface area is 142 Å². The van der Waals surface area contributed by atoms with E-state index < -0.39 is 17.7 Å². The Morgan fingerprint density at radius 2 is 2.00 bits per heavy atom. The molecule has 1 N–H and O–H groups in total. The quantitative estimate of drug-likeness (QED) is 0.792. The average Bonchev–Trinajstić information content (AvgIpc) is 2.98. The number of rotatable bonds is 4. The van der Waals surface area contributed by atoms with Gasteiger partial charge in [-0.15, -0.1) is 0 Å². The van der Waals surface area contributed by atoms with Crippen LogP contribution in [0.2, 0.25) is 0 Å². The molecule has 0 aliphatic heterocycles. The zero-order valence-corrected chi connectivity index (χ0v) is 13.3. The van der Waals surface area contributed by atoms with Crippen molar-refractivity contribution in [1.29, 1.82) is 5.26 Å². The second-order valence-corrected chi connectivity index (χ2v) is 5.55. The van der Waals surface area contributed by atoms with E-state index in [1.54, 1.807) is 31.2 Å². The van der Waals surface area contributed by atoms with Gasteiger partial charge in [0.05, 0.1) is 24.3 Å². The number of aryl methyl sites for hydroxylation is 1. The van der Waals surface area contributed by atoms with Crippen LogP contribution in [0.1, 0.15) is 23.1 Å². The molecule has 0 radical (unpaired) electrons. The molecule has 1 heterocycles. The Morgan fingerprint density at radius 3 is 2.72 bits per heavy atom. The van der Waals surface area contributed by atoms with E-state index in [2.05, 4.69) is 16.2 Å². The van der Waals surface area contributed by atoms with Crippen molar-refractivity contribution in [3.8, 4) is 17.5 Å². The first-order chi connectivity index (χ1) is 12.0. The SMILES string of the molecule is Cc1nc(-c2cccc(C#N)c2)nn1CC(O)c1ccc(F)c(F)c1. The van der Waals surface area contributed by atoms with Gasteiger partial charge in [0.25, 0.3) is 0 Å². The van der Waals surface area contributed by atoms with Gasteiger partial charge in [0, 0.05) is 5.56 Å². The molecule has 3 aromatic rings. The molecule has 1 aromatic heterocycles. The van der Waals surface area contributed by atoms with Crippen LogP contribution in [-0.4, -0.2) is 19.9 Å². The molecule has 0 fully saturated rings. The van der Waals surface area contributed by atoms with Crippen molar-refractivity contribution in [2.24, 2.45) is 0 Å². The molecule has 25 heavy (non-hydrogen) atoms.